The molecule has 402 valence electrons. The summed E-state index contributed by atoms with van der Waals surface area (Å²) in [6, 6.07) is 106. The minimum absolute atomic E-state index is 0.848. The first-order valence-corrected chi connectivity index (χ1v) is 30.7. The Morgan fingerprint density at radius 2 is 0.698 bits per heavy atom. The Bertz CT molecular complexity index is 5750. The van der Waals surface area contributed by atoms with Crippen molar-refractivity contribution in [3.63, 3.8) is 0 Å². The van der Waals surface area contributed by atoms with E-state index in [1.165, 1.54) is 61.9 Å². The third kappa shape index (κ3) is 7.74. The lowest BCUT2D eigenvalue weighted by atomic mass is 9.98. The van der Waals surface area contributed by atoms with Gasteiger partial charge in [-0.1, -0.05) is 194 Å². The van der Waals surface area contributed by atoms with Gasteiger partial charge in [-0.2, -0.15) is 0 Å². The number of benzene rings is 14. The molecule has 0 spiro atoms. The Morgan fingerprint density at radius 3 is 1.36 bits per heavy atom. The average Bonchev–Trinajstić information content (AvgIpc) is 2.16. The standard InChI is InChI=1S/C80H48N2O2S2/c1-2-15-51(16-3-1)59-21-4-8-25-68(59)82(70-27-14-18-53-36-41-64-62-24-7-11-30-76(62)86-80(64)78(53)70)58-39-44-74-67(48-58)65-46-55(37-42-72(65)84-74)50-33-31-49(32-34-50)54-19-12-20-56(45-54)81(57-38-43-73-66(47-57)60-22-5-9-28-71(60)83-73)69-26-13-17-52-35-40-63-61-23-6-10-29-75(61)85-79(63)77(52)69/h1-48H. The van der Waals surface area contributed by atoms with Gasteiger partial charge < -0.3 is 18.6 Å². The van der Waals surface area contributed by atoms with Crippen LogP contribution in [0.1, 0.15) is 0 Å². The van der Waals surface area contributed by atoms with Crippen LogP contribution in [-0.4, -0.2) is 0 Å². The van der Waals surface area contributed by atoms with Crippen LogP contribution < -0.4 is 9.80 Å². The van der Waals surface area contributed by atoms with Gasteiger partial charge in [-0.15, -0.1) is 22.7 Å². The summed E-state index contributed by atoms with van der Waals surface area (Å²) in [6.45, 7) is 0. The number of para-hydroxylation sites is 2. The van der Waals surface area contributed by atoms with Gasteiger partial charge in [0, 0.05) is 95.3 Å². The lowest BCUT2D eigenvalue weighted by Crippen LogP contribution is -2.11. The van der Waals surface area contributed by atoms with Crippen molar-refractivity contribution in [2.24, 2.45) is 0 Å². The maximum atomic E-state index is 6.68. The molecule has 0 saturated carbocycles. The Balaban J connectivity index is 0.748. The van der Waals surface area contributed by atoms with Crippen molar-refractivity contribution in [2.75, 3.05) is 9.80 Å². The van der Waals surface area contributed by atoms with E-state index >= 15 is 0 Å². The van der Waals surface area contributed by atoms with Gasteiger partial charge in [0.2, 0.25) is 0 Å². The SMILES string of the molecule is c1ccc(-c2ccccc2N(c2ccc3oc4ccc(-c5ccc(-c6cccc(N(c7ccc8oc9ccccc9c8c7)c7cccc8ccc9c%10ccccc%10sc9c78)c6)cc5)cc4c3c2)c2cccc3ccc4c5ccccc5sc4c23)cc1. The number of nitrogens with zero attached hydrogens (tertiary/aromatic N) is 2. The van der Waals surface area contributed by atoms with Gasteiger partial charge in [0.05, 0.1) is 17.1 Å². The van der Waals surface area contributed by atoms with Crippen molar-refractivity contribution in [3.8, 4) is 33.4 Å². The normalized spacial score (nSPS) is 12.0. The third-order valence-corrected chi connectivity index (χ3v) is 19.8. The number of thiophene rings is 2. The fourth-order valence-corrected chi connectivity index (χ4v) is 16.0. The zero-order valence-electron chi connectivity index (χ0n) is 46.2. The van der Waals surface area contributed by atoms with E-state index in [1.54, 1.807) is 0 Å². The molecule has 0 N–H and O–H groups in total. The monoisotopic (exact) mass is 1130 g/mol. The summed E-state index contributed by atoms with van der Waals surface area (Å²) in [5.74, 6) is 0. The molecule has 0 bridgehead atoms. The van der Waals surface area contributed by atoms with Crippen molar-refractivity contribution >= 4 is 163 Å². The van der Waals surface area contributed by atoms with E-state index in [-0.39, 0.29) is 0 Å². The van der Waals surface area contributed by atoms with E-state index in [0.29, 0.717) is 0 Å². The molecule has 4 aromatic heterocycles. The quantitative estimate of drug-likeness (QED) is 0.144. The predicted octanol–water partition coefficient (Wildman–Crippen LogP) is 24.5. The van der Waals surface area contributed by atoms with Gasteiger partial charge in [-0.25, -0.2) is 0 Å². The fourth-order valence-electron chi connectivity index (χ4n) is 13.4. The first kappa shape index (κ1) is 48.7. The van der Waals surface area contributed by atoms with Crippen molar-refractivity contribution in [1.82, 2.24) is 0 Å². The maximum Gasteiger partial charge on any atom is 0.135 e. The molecule has 0 unspecified atom stereocenters. The van der Waals surface area contributed by atoms with Gasteiger partial charge in [0.1, 0.15) is 22.3 Å². The van der Waals surface area contributed by atoms with E-state index in [1.807, 2.05) is 28.7 Å². The lowest BCUT2D eigenvalue weighted by molar-refractivity contribution is 0.668. The number of hydrogen-bond acceptors (Lipinski definition) is 6. The molecule has 0 saturated heterocycles. The molecule has 0 fully saturated rings. The highest BCUT2D eigenvalue weighted by molar-refractivity contribution is 7.27. The Hall–Kier alpha value is -10.8. The number of fused-ring (bicyclic) bond motifs is 16. The number of furan rings is 2. The van der Waals surface area contributed by atoms with Gasteiger partial charge in [0.25, 0.3) is 0 Å². The summed E-state index contributed by atoms with van der Waals surface area (Å²) in [4.78, 5) is 4.91. The molecule has 0 radical (unpaired) electrons. The highest BCUT2D eigenvalue weighted by Gasteiger charge is 2.25. The lowest BCUT2D eigenvalue weighted by Gasteiger charge is -2.29. The fraction of sp³-hybridized carbons (Fsp3) is 0. The molecule has 14 aromatic carbocycles. The minimum Gasteiger partial charge on any atom is -0.456 e. The first-order valence-electron chi connectivity index (χ1n) is 29.1. The molecule has 6 heteroatoms. The van der Waals surface area contributed by atoms with Gasteiger partial charge in [0.15, 0.2) is 0 Å². The first-order chi connectivity index (χ1) is 42.6. The van der Waals surface area contributed by atoms with E-state index < -0.39 is 0 Å². The van der Waals surface area contributed by atoms with E-state index in [2.05, 4.69) is 295 Å². The van der Waals surface area contributed by atoms with Crippen LogP contribution in [0.5, 0.6) is 0 Å². The predicted molar refractivity (Wildman–Crippen MR) is 367 cm³/mol. The Kier molecular flexibility index (Phi) is 11.0. The molecule has 0 aliphatic carbocycles. The maximum absolute atomic E-state index is 6.68. The van der Waals surface area contributed by atoms with Crippen LogP contribution in [0.15, 0.2) is 300 Å². The highest BCUT2D eigenvalue weighted by Crippen LogP contribution is 2.51. The van der Waals surface area contributed by atoms with Gasteiger partial charge in [-0.05, 0) is 136 Å². The number of rotatable bonds is 9. The van der Waals surface area contributed by atoms with E-state index in [9.17, 15) is 0 Å². The Labute approximate surface area is 502 Å². The summed E-state index contributed by atoms with van der Waals surface area (Å²) < 4.78 is 18.2. The minimum atomic E-state index is 0.848. The van der Waals surface area contributed by atoms with Crippen molar-refractivity contribution in [2.45, 2.75) is 0 Å². The van der Waals surface area contributed by atoms with Crippen LogP contribution in [-0.2, 0) is 0 Å². The second-order valence-corrected chi connectivity index (χ2v) is 24.4. The second-order valence-electron chi connectivity index (χ2n) is 22.3. The smallest absolute Gasteiger partial charge is 0.135 e. The van der Waals surface area contributed by atoms with E-state index in [4.69, 9.17) is 8.83 Å². The van der Waals surface area contributed by atoms with E-state index in [0.717, 1.165) is 111 Å². The molecule has 18 rings (SSSR count). The summed E-state index contributed by atoms with van der Waals surface area (Å²) in [7, 11) is 0. The van der Waals surface area contributed by atoms with Crippen LogP contribution in [0.25, 0.3) is 139 Å². The summed E-state index contributed by atoms with van der Waals surface area (Å²) in [5, 5.41) is 14.3. The highest BCUT2D eigenvalue weighted by atomic mass is 32.1. The molecule has 0 aliphatic heterocycles. The van der Waals surface area contributed by atoms with Crippen LogP contribution in [0.3, 0.4) is 0 Å². The molecule has 0 amide bonds. The zero-order valence-corrected chi connectivity index (χ0v) is 47.9. The molecule has 4 nitrogen and oxygen atoms in total. The van der Waals surface area contributed by atoms with Crippen LogP contribution in [0, 0.1) is 0 Å². The molecular weight excluding hydrogens is 1090 g/mol. The van der Waals surface area contributed by atoms with Crippen LogP contribution >= 0.6 is 22.7 Å². The molecule has 18 aromatic rings. The zero-order chi connectivity index (χ0) is 56.4. The van der Waals surface area contributed by atoms with Gasteiger partial charge >= 0.3 is 0 Å². The largest absolute Gasteiger partial charge is 0.456 e. The summed E-state index contributed by atoms with van der Waals surface area (Å²) >= 11 is 3.75. The van der Waals surface area contributed by atoms with Gasteiger partial charge in [-0.3, -0.25) is 0 Å². The molecule has 0 atom stereocenters. The molecule has 0 aliphatic rings. The van der Waals surface area contributed by atoms with Crippen molar-refractivity contribution in [1.29, 1.82) is 0 Å². The summed E-state index contributed by atoms with van der Waals surface area (Å²) in [6.07, 6.45) is 0. The summed E-state index contributed by atoms with van der Waals surface area (Å²) in [5.41, 5.74) is 16.8. The molecule has 86 heavy (non-hydrogen) atoms. The number of anilines is 6. The van der Waals surface area contributed by atoms with Crippen molar-refractivity contribution < 1.29 is 8.83 Å². The molecular formula is C80H48N2O2S2. The van der Waals surface area contributed by atoms with Crippen LogP contribution in [0.2, 0.25) is 0 Å². The topological polar surface area (TPSA) is 32.8 Å². The average molecular weight is 1130 g/mol. The van der Waals surface area contributed by atoms with Crippen molar-refractivity contribution in [3.05, 3.63) is 291 Å². The second kappa shape index (κ2) is 19.4. The van der Waals surface area contributed by atoms with Crippen LogP contribution in [0.4, 0.5) is 34.1 Å². The Morgan fingerprint density at radius 1 is 0.244 bits per heavy atom. The number of hydrogen-bond donors (Lipinski definition) is 0. The molecule has 4 heterocycles. The third-order valence-electron chi connectivity index (χ3n) is 17.4.